The highest BCUT2D eigenvalue weighted by molar-refractivity contribution is 7.15. The first-order valence-corrected chi connectivity index (χ1v) is 10.7. The molecule has 1 aliphatic rings. The minimum atomic E-state index is -1.05. The van der Waals surface area contributed by atoms with Crippen LogP contribution in [0.5, 0.6) is 5.88 Å². The molecule has 0 atom stereocenters. The van der Waals surface area contributed by atoms with Crippen molar-refractivity contribution in [3.05, 3.63) is 47.2 Å². The van der Waals surface area contributed by atoms with E-state index in [1.54, 1.807) is 30.5 Å². The molecular formula is C21H24N6O3S. The van der Waals surface area contributed by atoms with Gasteiger partial charge < -0.3 is 25.8 Å². The number of carbonyl (C=O) groups is 1. The maximum absolute atomic E-state index is 11.4. The molecule has 162 valence electrons. The van der Waals surface area contributed by atoms with Gasteiger partial charge in [-0.2, -0.15) is 4.98 Å². The molecule has 4 N–H and O–H groups in total. The predicted octanol–water partition coefficient (Wildman–Crippen LogP) is 3.02. The zero-order chi connectivity index (χ0) is 22.0. The van der Waals surface area contributed by atoms with Crippen LogP contribution in [0, 0.1) is 6.92 Å². The molecule has 9 nitrogen and oxygen atoms in total. The number of piperidine rings is 1. The number of aryl methyl sites for hydroxylation is 1. The second kappa shape index (κ2) is 8.48. The monoisotopic (exact) mass is 440 g/mol. The number of carbonyl (C=O) groups excluding carboxylic acids is 1. The normalized spacial score (nSPS) is 15.5. The van der Waals surface area contributed by atoms with Gasteiger partial charge in [-0.25, -0.2) is 14.8 Å². The summed E-state index contributed by atoms with van der Waals surface area (Å²) in [5, 5.41) is 14.9. The first kappa shape index (κ1) is 21.0. The van der Waals surface area contributed by atoms with E-state index in [4.69, 9.17) is 10.5 Å². The number of nitrogens with one attached hydrogen (secondary N) is 1. The highest BCUT2D eigenvalue weighted by Gasteiger charge is 2.37. The Morgan fingerprint density at radius 1 is 1.29 bits per heavy atom. The van der Waals surface area contributed by atoms with Gasteiger partial charge in [-0.3, -0.25) is 0 Å². The molecule has 0 spiro atoms. The number of rotatable bonds is 5. The molecule has 0 aliphatic carbocycles. The highest BCUT2D eigenvalue weighted by atomic mass is 32.1. The number of thiazole rings is 1. The minimum absolute atomic E-state index is 0.413. The molecule has 0 unspecified atom stereocenters. The summed E-state index contributed by atoms with van der Waals surface area (Å²) in [5.74, 6) is 0.921. The fourth-order valence-electron chi connectivity index (χ4n) is 3.58. The number of nitrogens with zero attached hydrogens (tertiary/aromatic N) is 4. The Bertz CT molecular complexity index is 1090. The number of likely N-dealkylation sites (tertiary alicyclic amines) is 1. The Kier molecular flexibility index (Phi) is 5.75. The second-order valence-corrected chi connectivity index (χ2v) is 8.55. The van der Waals surface area contributed by atoms with Crippen LogP contribution in [0.3, 0.4) is 0 Å². The van der Waals surface area contributed by atoms with Gasteiger partial charge in [0.05, 0.1) is 12.0 Å². The third-order valence-corrected chi connectivity index (χ3v) is 6.50. The lowest BCUT2D eigenvalue weighted by Crippen LogP contribution is -2.47. The number of amides is 2. The molecular weight excluding hydrogens is 416 g/mol. The van der Waals surface area contributed by atoms with Gasteiger partial charge in [-0.15, -0.1) is 11.3 Å². The molecule has 0 bridgehead atoms. The molecule has 1 aliphatic heterocycles. The van der Waals surface area contributed by atoms with Gasteiger partial charge in [-0.1, -0.05) is 6.07 Å². The summed E-state index contributed by atoms with van der Waals surface area (Å²) in [6.45, 7) is 2.84. The van der Waals surface area contributed by atoms with Crippen molar-refractivity contribution in [2.45, 2.75) is 25.4 Å². The molecule has 0 saturated carbocycles. The van der Waals surface area contributed by atoms with E-state index >= 15 is 0 Å². The number of hydrogen-bond acceptors (Lipinski definition) is 8. The zero-order valence-corrected chi connectivity index (χ0v) is 18.1. The molecule has 31 heavy (non-hydrogen) atoms. The lowest BCUT2D eigenvalue weighted by atomic mass is 9.92. The molecule has 1 saturated heterocycles. The van der Waals surface area contributed by atoms with Crippen LogP contribution in [-0.4, -0.2) is 51.2 Å². The Hall–Kier alpha value is -3.24. The Labute approximate surface area is 183 Å². The Morgan fingerprint density at radius 3 is 2.77 bits per heavy atom. The SMILES string of the molecule is COc1ccnc(Nc2cc(C)cc(-c3cnc(C4(O)CCN(C(N)=O)CC4)s3)c2)n1. The number of hydrogen-bond donors (Lipinski definition) is 3. The number of anilines is 2. The summed E-state index contributed by atoms with van der Waals surface area (Å²) in [5.41, 5.74) is 7.18. The molecule has 0 radical (unpaired) electrons. The lowest BCUT2D eigenvalue weighted by Gasteiger charge is -2.36. The Balaban J connectivity index is 1.55. The molecule has 2 aromatic heterocycles. The fraction of sp³-hybridized carbons (Fsp3) is 0.333. The van der Waals surface area contributed by atoms with Crippen LogP contribution in [-0.2, 0) is 5.60 Å². The highest BCUT2D eigenvalue weighted by Crippen LogP contribution is 2.39. The van der Waals surface area contributed by atoms with Crippen LogP contribution in [0.1, 0.15) is 23.4 Å². The van der Waals surface area contributed by atoms with E-state index in [0.717, 1.165) is 21.7 Å². The van der Waals surface area contributed by atoms with Crippen molar-refractivity contribution in [3.63, 3.8) is 0 Å². The van der Waals surface area contributed by atoms with Gasteiger partial charge in [0.15, 0.2) is 0 Å². The van der Waals surface area contributed by atoms with E-state index < -0.39 is 11.6 Å². The smallest absolute Gasteiger partial charge is 0.314 e. The van der Waals surface area contributed by atoms with Crippen molar-refractivity contribution in [1.29, 1.82) is 0 Å². The molecule has 4 rings (SSSR count). The molecule has 2 amide bonds. The number of ether oxygens (including phenoxy) is 1. The second-order valence-electron chi connectivity index (χ2n) is 7.52. The van der Waals surface area contributed by atoms with E-state index in [1.165, 1.54) is 11.3 Å². The molecule has 3 heterocycles. The van der Waals surface area contributed by atoms with E-state index in [0.29, 0.717) is 42.8 Å². The molecule has 1 fully saturated rings. The standard InChI is InChI=1S/C21H24N6O3S/c1-13-9-14(11-15(10-13)25-20-23-6-3-17(26-20)30-2)16-12-24-18(31-16)21(29)4-7-27(8-5-21)19(22)28/h3,6,9-12,29H,4-5,7-8H2,1-2H3,(H2,22,28)(H,23,25,26). The van der Waals surface area contributed by atoms with Gasteiger partial charge in [0.2, 0.25) is 11.8 Å². The summed E-state index contributed by atoms with van der Waals surface area (Å²) in [4.78, 5) is 26.8. The summed E-state index contributed by atoms with van der Waals surface area (Å²) in [7, 11) is 1.56. The Morgan fingerprint density at radius 2 is 2.06 bits per heavy atom. The lowest BCUT2D eigenvalue weighted by molar-refractivity contribution is -0.0162. The minimum Gasteiger partial charge on any atom is -0.481 e. The summed E-state index contributed by atoms with van der Waals surface area (Å²) in [6, 6.07) is 7.29. The number of methoxy groups -OCH3 is 1. The molecule has 10 heteroatoms. The third kappa shape index (κ3) is 4.59. The van der Waals surface area contributed by atoms with Crippen molar-refractivity contribution in [2.24, 2.45) is 5.73 Å². The summed E-state index contributed by atoms with van der Waals surface area (Å²) < 4.78 is 5.15. The van der Waals surface area contributed by atoms with Crippen LogP contribution in [0.2, 0.25) is 0 Å². The average molecular weight is 441 g/mol. The van der Waals surface area contributed by atoms with Gasteiger partial charge in [0.1, 0.15) is 10.6 Å². The quantitative estimate of drug-likeness (QED) is 0.556. The van der Waals surface area contributed by atoms with Crippen molar-refractivity contribution in [2.75, 3.05) is 25.5 Å². The van der Waals surface area contributed by atoms with Crippen molar-refractivity contribution in [3.8, 4) is 16.3 Å². The van der Waals surface area contributed by atoms with Gasteiger partial charge in [-0.05, 0) is 30.2 Å². The van der Waals surface area contributed by atoms with Crippen LogP contribution in [0.25, 0.3) is 10.4 Å². The maximum atomic E-state index is 11.4. The van der Waals surface area contributed by atoms with Gasteiger partial charge in [0.25, 0.3) is 0 Å². The third-order valence-electron chi connectivity index (χ3n) is 5.26. The van der Waals surface area contributed by atoms with Crippen LogP contribution < -0.4 is 15.8 Å². The van der Waals surface area contributed by atoms with Gasteiger partial charge >= 0.3 is 6.03 Å². The van der Waals surface area contributed by atoms with Crippen molar-refractivity contribution in [1.82, 2.24) is 19.9 Å². The first-order valence-electron chi connectivity index (χ1n) is 9.85. The topological polar surface area (TPSA) is 126 Å². The number of nitrogens with two attached hydrogens (primary N) is 1. The fourth-order valence-corrected chi connectivity index (χ4v) is 4.63. The number of primary amides is 1. The van der Waals surface area contributed by atoms with Crippen LogP contribution in [0.15, 0.2) is 36.7 Å². The predicted molar refractivity (Wildman–Crippen MR) is 118 cm³/mol. The molecule has 3 aromatic rings. The summed E-state index contributed by atoms with van der Waals surface area (Å²) >= 11 is 1.46. The number of aliphatic hydroxyl groups is 1. The number of urea groups is 1. The summed E-state index contributed by atoms with van der Waals surface area (Å²) in [6.07, 6.45) is 4.23. The van der Waals surface area contributed by atoms with E-state index in [-0.39, 0.29) is 0 Å². The largest absolute Gasteiger partial charge is 0.481 e. The zero-order valence-electron chi connectivity index (χ0n) is 17.3. The number of aromatic nitrogens is 3. The van der Waals surface area contributed by atoms with Gasteiger partial charge in [0, 0.05) is 50.1 Å². The maximum Gasteiger partial charge on any atom is 0.314 e. The van der Waals surface area contributed by atoms with Crippen LogP contribution in [0.4, 0.5) is 16.4 Å². The average Bonchev–Trinajstić information content (AvgIpc) is 3.25. The first-order chi connectivity index (χ1) is 14.9. The van der Waals surface area contributed by atoms with E-state index in [1.807, 2.05) is 19.1 Å². The molecule has 1 aromatic carbocycles. The van der Waals surface area contributed by atoms with Crippen molar-refractivity contribution < 1.29 is 14.6 Å². The van der Waals surface area contributed by atoms with Crippen molar-refractivity contribution >= 4 is 29.0 Å². The number of benzene rings is 1. The van der Waals surface area contributed by atoms with Crippen LogP contribution >= 0.6 is 11.3 Å². The van der Waals surface area contributed by atoms with E-state index in [2.05, 4.69) is 26.3 Å². The van der Waals surface area contributed by atoms with E-state index in [9.17, 15) is 9.90 Å².